The van der Waals surface area contributed by atoms with Gasteiger partial charge < -0.3 is 0 Å². The van der Waals surface area contributed by atoms with Crippen molar-refractivity contribution in [3.8, 4) is 0 Å². The highest BCUT2D eigenvalue weighted by molar-refractivity contribution is 7.08. The van der Waals surface area contributed by atoms with Gasteiger partial charge in [0.25, 0.3) is 0 Å². The van der Waals surface area contributed by atoms with Crippen LogP contribution in [0.4, 0.5) is 0 Å². The first kappa shape index (κ1) is 14.6. The lowest BCUT2D eigenvalue weighted by molar-refractivity contribution is 0.287. The molecule has 2 aromatic rings. The molecule has 0 N–H and O–H groups in total. The Balaban J connectivity index is 1.55. The predicted molar refractivity (Wildman–Crippen MR) is 92.8 cm³/mol. The molecule has 108 valence electrons. The third-order valence-electron chi connectivity index (χ3n) is 3.68. The molecule has 3 rings (SSSR count). The van der Waals surface area contributed by atoms with E-state index in [4.69, 9.17) is 11.6 Å². The zero-order valence-electron chi connectivity index (χ0n) is 11.8. The van der Waals surface area contributed by atoms with Crippen LogP contribution in [0.5, 0.6) is 0 Å². The van der Waals surface area contributed by atoms with Crippen molar-refractivity contribution in [2.75, 3.05) is 13.1 Å². The van der Waals surface area contributed by atoms with Gasteiger partial charge in [0.15, 0.2) is 0 Å². The van der Waals surface area contributed by atoms with E-state index in [1.807, 2.05) is 12.1 Å². The van der Waals surface area contributed by atoms with Crippen LogP contribution in [0.25, 0.3) is 6.08 Å². The Bertz CT molecular complexity index is 626. The van der Waals surface area contributed by atoms with E-state index in [0.29, 0.717) is 0 Å². The van der Waals surface area contributed by atoms with Crippen LogP contribution in [0.3, 0.4) is 0 Å². The van der Waals surface area contributed by atoms with E-state index in [9.17, 15) is 0 Å². The molecule has 0 bridgehead atoms. The van der Waals surface area contributed by atoms with E-state index in [2.05, 4.69) is 52.1 Å². The highest BCUT2D eigenvalue weighted by Gasteiger charge is 2.10. The van der Waals surface area contributed by atoms with Crippen molar-refractivity contribution >= 4 is 29.0 Å². The van der Waals surface area contributed by atoms with E-state index in [-0.39, 0.29) is 0 Å². The van der Waals surface area contributed by atoms with Gasteiger partial charge in [-0.2, -0.15) is 11.3 Å². The van der Waals surface area contributed by atoms with Crippen LogP contribution in [0, 0.1) is 0 Å². The Morgan fingerprint density at radius 2 is 2.00 bits per heavy atom. The predicted octanol–water partition coefficient (Wildman–Crippen LogP) is 5.25. The molecule has 0 aliphatic carbocycles. The van der Waals surface area contributed by atoms with Crippen molar-refractivity contribution < 1.29 is 0 Å². The summed E-state index contributed by atoms with van der Waals surface area (Å²) in [5.74, 6) is 0. The molecular formula is C18H18ClNS. The fourth-order valence-electron chi connectivity index (χ4n) is 2.44. The number of allylic oxidation sites excluding steroid dienone is 1. The average Bonchev–Trinajstić information content (AvgIpc) is 3.02. The number of rotatable bonds is 4. The van der Waals surface area contributed by atoms with Crippen molar-refractivity contribution in [3.63, 3.8) is 0 Å². The second-order valence-corrected chi connectivity index (χ2v) is 6.50. The summed E-state index contributed by atoms with van der Waals surface area (Å²) in [6.45, 7) is 3.13. The molecule has 0 atom stereocenters. The molecule has 1 aliphatic rings. The minimum absolute atomic E-state index is 0.804. The summed E-state index contributed by atoms with van der Waals surface area (Å²) >= 11 is 7.66. The van der Waals surface area contributed by atoms with E-state index < -0.39 is 0 Å². The topological polar surface area (TPSA) is 3.24 Å². The number of nitrogens with zero attached hydrogens (tertiary/aromatic N) is 1. The molecule has 1 nitrogen and oxygen atoms in total. The third kappa shape index (κ3) is 4.31. The lowest BCUT2D eigenvalue weighted by Crippen LogP contribution is -2.27. The van der Waals surface area contributed by atoms with Gasteiger partial charge in [0, 0.05) is 24.7 Å². The van der Waals surface area contributed by atoms with Gasteiger partial charge in [-0.05, 0) is 52.1 Å². The Labute approximate surface area is 135 Å². The van der Waals surface area contributed by atoms with Crippen LogP contribution >= 0.6 is 22.9 Å². The van der Waals surface area contributed by atoms with Crippen molar-refractivity contribution in [2.24, 2.45) is 0 Å². The molecule has 0 saturated heterocycles. The lowest BCUT2D eigenvalue weighted by Gasteiger charge is -2.25. The largest absolute Gasteiger partial charge is 0.295 e. The van der Waals surface area contributed by atoms with E-state index in [1.165, 1.54) is 16.7 Å². The molecule has 0 saturated carbocycles. The summed E-state index contributed by atoms with van der Waals surface area (Å²) in [7, 11) is 0. The van der Waals surface area contributed by atoms with Gasteiger partial charge in [0.1, 0.15) is 0 Å². The van der Waals surface area contributed by atoms with Crippen molar-refractivity contribution in [1.29, 1.82) is 0 Å². The summed E-state index contributed by atoms with van der Waals surface area (Å²) in [6.07, 6.45) is 7.91. The van der Waals surface area contributed by atoms with Crippen LogP contribution in [-0.2, 0) is 6.54 Å². The molecule has 0 unspecified atom stereocenters. The van der Waals surface area contributed by atoms with Crippen LogP contribution in [0.1, 0.15) is 17.5 Å². The number of benzene rings is 1. The van der Waals surface area contributed by atoms with Gasteiger partial charge >= 0.3 is 0 Å². The molecule has 1 aromatic carbocycles. The summed E-state index contributed by atoms with van der Waals surface area (Å²) in [6, 6.07) is 10.3. The first-order chi connectivity index (χ1) is 10.3. The van der Waals surface area contributed by atoms with Gasteiger partial charge in [0.2, 0.25) is 0 Å². The minimum atomic E-state index is 0.804. The summed E-state index contributed by atoms with van der Waals surface area (Å²) in [4.78, 5) is 2.46. The summed E-state index contributed by atoms with van der Waals surface area (Å²) < 4.78 is 0. The second kappa shape index (κ2) is 7.08. The van der Waals surface area contributed by atoms with Crippen LogP contribution in [0.15, 0.2) is 58.8 Å². The number of hydrogen-bond acceptors (Lipinski definition) is 2. The van der Waals surface area contributed by atoms with Gasteiger partial charge in [-0.15, -0.1) is 0 Å². The molecule has 0 spiro atoms. The van der Waals surface area contributed by atoms with Crippen LogP contribution in [0.2, 0.25) is 5.02 Å². The molecule has 3 heteroatoms. The normalized spacial score (nSPS) is 16.3. The highest BCUT2D eigenvalue weighted by atomic mass is 35.5. The maximum absolute atomic E-state index is 5.92. The second-order valence-electron chi connectivity index (χ2n) is 5.28. The zero-order valence-corrected chi connectivity index (χ0v) is 13.4. The SMILES string of the molecule is Clc1ccc(CN2CC=C(C=Cc3ccsc3)CC2)cc1. The van der Waals surface area contributed by atoms with Crippen LogP contribution in [-0.4, -0.2) is 18.0 Å². The van der Waals surface area contributed by atoms with E-state index >= 15 is 0 Å². The van der Waals surface area contributed by atoms with Crippen molar-refractivity contribution in [2.45, 2.75) is 13.0 Å². The Hall–Kier alpha value is -1.35. The van der Waals surface area contributed by atoms with Crippen molar-refractivity contribution in [1.82, 2.24) is 4.90 Å². The average molecular weight is 316 g/mol. The summed E-state index contributed by atoms with van der Waals surface area (Å²) in [5.41, 5.74) is 4.06. The molecule has 0 fully saturated rings. The molecular weight excluding hydrogens is 298 g/mol. The van der Waals surface area contributed by atoms with E-state index in [0.717, 1.165) is 31.1 Å². The van der Waals surface area contributed by atoms with Gasteiger partial charge in [0.05, 0.1) is 0 Å². The molecule has 0 amide bonds. The quantitative estimate of drug-likeness (QED) is 0.745. The number of hydrogen-bond donors (Lipinski definition) is 0. The molecule has 0 radical (unpaired) electrons. The Kier molecular flexibility index (Phi) is 4.91. The highest BCUT2D eigenvalue weighted by Crippen LogP contribution is 2.18. The zero-order chi connectivity index (χ0) is 14.5. The molecule has 1 aromatic heterocycles. The molecule has 21 heavy (non-hydrogen) atoms. The number of halogens is 1. The fraction of sp³-hybridized carbons (Fsp3) is 0.222. The standard InChI is InChI=1S/C18H18ClNS/c19-18-5-3-16(4-6-18)13-20-10-7-15(8-11-20)1-2-17-9-12-21-14-17/h1-7,9,12,14H,8,10-11,13H2. The van der Waals surface area contributed by atoms with Crippen molar-refractivity contribution in [3.05, 3.63) is 75.0 Å². The third-order valence-corrected chi connectivity index (χ3v) is 4.63. The lowest BCUT2D eigenvalue weighted by atomic mass is 10.1. The smallest absolute Gasteiger partial charge is 0.0406 e. The number of thiophene rings is 1. The first-order valence-corrected chi connectivity index (χ1v) is 8.48. The first-order valence-electron chi connectivity index (χ1n) is 7.16. The fourth-order valence-corrected chi connectivity index (χ4v) is 3.20. The van der Waals surface area contributed by atoms with Gasteiger partial charge in [-0.25, -0.2) is 0 Å². The molecule has 1 aliphatic heterocycles. The van der Waals surface area contributed by atoms with Gasteiger partial charge in [-0.1, -0.05) is 42.0 Å². The van der Waals surface area contributed by atoms with Crippen LogP contribution < -0.4 is 0 Å². The Morgan fingerprint density at radius 1 is 1.14 bits per heavy atom. The maximum atomic E-state index is 5.92. The Morgan fingerprint density at radius 3 is 2.67 bits per heavy atom. The van der Waals surface area contributed by atoms with E-state index in [1.54, 1.807) is 11.3 Å². The minimum Gasteiger partial charge on any atom is -0.295 e. The maximum Gasteiger partial charge on any atom is 0.0406 e. The molecule has 2 heterocycles. The summed E-state index contributed by atoms with van der Waals surface area (Å²) in [5, 5.41) is 5.09. The monoisotopic (exact) mass is 315 g/mol. The van der Waals surface area contributed by atoms with Gasteiger partial charge in [-0.3, -0.25) is 4.90 Å².